The van der Waals surface area contributed by atoms with E-state index in [9.17, 15) is 23.2 Å². The van der Waals surface area contributed by atoms with Gasteiger partial charge in [0.15, 0.2) is 16.9 Å². The molecule has 1 saturated carbocycles. The predicted molar refractivity (Wildman–Crippen MR) is 224 cm³/mol. The number of rotatable bonds is 15. The fourth-order valence-electron chi connectivity index (χ4n) is 7.90. The highest BCUT2D eigenvalue weighted by Gasteiger charge is 2.40. The van der Waals surface area contributed by atoms with E-state index in [1.54, 1.807) is 23.1 Å². The summed E-state index contributed by atoms with van der Waals surface area (Å²) in [7, 11) is 0. The molecule has 5 heterocycles. The van der Waals surface area contributed by atoms with Crippen molar-refractivity contribution in [1.82, 2.24) is 14.8 Å². The lowest BCUT2D eigenvalue weighted by Gasteiger charge is -2.44. The van der Waals surface area contributed by atoms with E-state index in [4.69, 9.17) is 42.1 Å². The lowest BCUT2D eigenvalue weighted by molar-refractivity contribution is -0.151. The molecule has 0 radical (unpaired) electrons. The maximum absolute atomic E-state index is 14.2. The molecule has 316 valence electrons. The third-order valence-electron chi connectivity index (χ3n) is 11.3. The molecule has 4 aliphatic heterocycles. The van der Waals surface area contributed by atoms with Gasteiger partial charge in [0.2, 0.25) is 0 Å². The molecule has 2 bridgehead atoms. The van der Waals surface area contributed by atoms with E-state index >= 15 is 0 Å². The number of benzene rings is 3. The first kappa shape index (κ1) is 42.1. The number of amides is 2. The van der Waals surface area contributed by atoms with Crippen LogP contribution in [0.5, 0.6) is 11.5 Å². The second kappa shape index (κ2) is 19.0. The Labute approximate surface area is 361 Å². The number of piperidine rings is 3. The maximum Gasteiger partial charge on any atom is 0.414 e. The average molecular weight is 882 g/mol. The van der Waals surface area contributed by atoms with Crippen LogP contribution in [-0.4, -0.2) is 89.4 Å². The molecule has 3 aromatic carbocycles. The van der Waals surface area contributed by atoms with E-state index < -0.39 is 30.2 Å². The number of nitrogens with zero attached hydrogens (tertiary/aromatic N) is 4. The Morgan fingerprint density at radius 3 is 2.37 bits per heavy atom. The van der Waals surface area contributed by atoms with Gasteiger partial charge in [0.1, 0.15) is 12.2 Å². The second-order valence-electron chi connectivity index (χ2n) is 15.5. The third kappa shape index (κ3) is 10.1. The number of hydrogen-bond donors (Lipinski definition) is 0. The van der Waals surface area contributed by atoms with Gasteiger partial charge in [0.05, 0.1) is 23.2 Å². The maximum atomic E-state index is 14.2. The highest BCUT2D eigenvalue weighted by molar-refractivity contribution is 8.00. The average Bonchev–Trinajstić information content (AvgIpc) is 3.96. The number of halogens is 4. The van der Waals surface area contributed by atoms with Crippen LogP contribution in [0.4, 0.5) is 19.3 Å². The zero-order chi connectivity index (χ0) is 41.8. The number of carbonyl (C=O) groups excluding carboxylic acids is 3. The van der Waals surface area contributed by atoms with E-state index in [0.717, 1.165) is 45.3 Å². The van der Waals surface area contributed by atoms with Crippen LogP contribution in [0, 0.1) is 11.8 Å². The summed E-state index contributed by atoms with van der Waals surface area (Å²) in [5.74, 6) is -0.00424. The van der Waals surface area contributed by atoms with Crippen molar-refractivity contribution in [2.75, 3.05) is 43.4 Å². The Kier molecular flexibility index (Phi) is 13.3. The zero-order valence-corrected chi connectivity index (χ0v) is 34.9. The molecule has 5 aliphatic rings. The Hall–Kier alpha value is -4.63. The van der Waals surface area contributed by atoms with Crippen LogP contribution >= 0.6 is 35.0 Å². The number of anilines is 1. The number of thioether (sulfide) groups is 1. The molecule has 0 unspecified atom stereocenters. The molecule has 16 heteroatoms. The molecule has 2 amide bonds. The van der Waals surface area contributed by atoms with Crippen LogP contribution in [0.25, 0.3) is 0 Å². The first-order chi connectivity index (χ1) is 29.1. The first-order valence-electron chi connectivity index (χ1n) is 20.1. The first-order valence-corrected chi connectivity index (χ1v) is 21.9. The molecule has 5 fully saturated rings. The summed E-state index contributed by atoms with van der Waals surface area (Å²) in [5.41, 5.74) is 2.59. The predicted octanol–water partition coefficient (Wildman–Crippen LogP) is 9.06. The molecule has 1 aliphatic carbocycles. The fraction of sp³-hybridized carbons (Fsp3) is 0.409. The minimum atomic E-state index is -3.08. The summed E-state index contributed by atoms with van der Waals surface area (Å²) < 4.78 is 49.7. The molecule has 4 saturated heterocycles. The van der Waals surface area contributed by atoms with Crippen LogP contribution < -0.4 is 14.4 Å². The Bertz CT molecular complexity index is 2160. The Morgan fingerprint density at radius 2 is 1.67 bits per heavy atom. The number of pyridine rings is 1. The van der Waals surface area contributed by atoms with Gasteiger partial charge in [-0.05, 0) is 104 Å². The van der Waals surface area contributed by atoms with E-state index in [-0.39, 0.29) is 53.1 Å². The zero-order valence-electron chi connectivity index (χ0n) is 32.6. The van der Waals surface area contributed by atoms with Gasteiger partial charge in [-0.3, -0.25) is 19.6 Å². The lowest BCUT2D eigenvalue weighted by Crippen LogP contribution is -2.53. The number of ether oxygens (including phenoxy) is 4. The monoisotopic (exact) mass is 880 g/mol. The van der Waals surface area contributed by atoms with Crippen molar-refractivity contribution < 1.29 is 42.1 Å². The van der Waals surface area contributed by atoms with Crippen molar-refractivity contribution in [2.45, 2.75) is 62.8 Å². The largest absolute Gasteiger partial charge is 0.489 e. The number of aromatic nitrogens is 1. The van der Waals surface area contributed by atoms with Gasteiger partial charge in [0.25, 0.3) is 5.91 Å². The van der Waals surface area contributed by atoms with Gasteiger partial charge in [-0.15, -0.1) is 11.8 Å². The molecule has 60 heavy (non-hydrogen) atoms. The normalized spacial score (nSPS) is 21.4. The second-order valence-corrected chi connectivity index (χ2v) is 17.5. The number of para-hydroxylation sites is 1. The number of esters is 1. The van der Waals surface area contributed by atoms with E-state index in [0.29, 0.717) is 52.1 Å². The molecule has 9 rings (SSSR count). The van der Waals surface area contributed by atoms with Crippen molar-refractivity contribution in [1.29, 1.82) is 0 Å². The third-order valence-corrected chi connectivity index (χ3v) is 13.2. The number of hydrogen-bond acceptors (Lipinski definition) is 10. The van der Waals surface area contributed by atoms with Gasteiger partial charge in [-0.2, -0.15) is 8.78 Å². The topological polar surface area (TPSA) is 111 Å². The van der Waals surface area contributed by atoms with Crippen molar-refractivity contribution in [3.05, 3.63) is 117 Å². The minimum absolute atomic E-state index is 0.0103. The molecular formula is C44H44Cl2F2N4O7S. The van der Waals surface area contributed by atoms with Crippen LogP contribution in [0.2, 0.25) is 10.0 Å². The van der Waals surface area contributed by atoms with Crippen LogP contribution in [-0.2, 0) is 27.2 Å². The van der Waals surface area contributed by atoms with E-state index in [1.165, 1.54) is 47.3 Å². The van der Waals surface area contributed by atoms with Gasteiger partial charge in [0, 0.05) is 48.9 Å². The molecule has 1 aromatic heterocycles. The molecule has 3 atom stereocenters. The highest BCUT2D eigenvalue weighted by atomic mass is 35.5. The summed E-state index contributed by atoms with van der Waals surface area (Å²) in [4.78, 5) is 51.7. The molecule has 11 nitrogen and oxygen atoms in total. The van der Waals surface area contributed by atoms with Gasteiger partial charge >= 0.3 is 18.7 Å². The lowest BCUT2D eigenvalue weighted by atomic mass is 9.86. The standard InChI is InChI=1S/C44H44Cl2F2N4O7S/c45-34-22-49-23-35(46)33(34)21-37(30-11-12-36(58-43(47)48)38(20-30)56-26-27-9-10-27)57-42(54)41-51(17-18-60-41)40(53)31-6-4-5-28(19-31)24-52(32-7-2-1-3-8-32)44(55)59-39-25-50-15-13-29(39)14-16-50/h1-8,11-12,19-20,22-23,27,29,37,39,41,43H,9-10,13-18,21,24-26H2/t37-,39-,41-/m0/s1. The van der Waals surface area contributed by atoms with Crippen LogP contribution in [0.15, 0.2) is 85.2 Å². The van der Waals surface area contributed by atoms with E-state index in [2.05, 4.69) is 9.88 Å². The fourth-order valence-corrected chi connectivity index (χ4v) is 9.52. The summed E-state index contributed by atoms with van der Waals surface area (Å²) in [6, 6.07) is 20.7. The molecular weight excluding hydrogens is 837 g/mol. The van der Waals surface area contributed by atoms with Crippen molar-refractivity contribution in [3.63, 3.8) is 0 Å². The quantitative estimate of drug-likeness (QED) is 0.107. The number of alkyl halides is 2. The smallest absolute Gasteiger partial charge is 0.414 e. The molecule has 0 spiro atoms. The molecule has 4 aromatic rings. The number of carbonyl (C=O) groups is 3. The van der Waals surface area contributed by atoms with Gasteiger partial charge in [-0.25, -0.2) is 9.59 Å². The van der Waals surface area contributed by atoms with E-state index in [1.807, 2.05) is 36.4 Å². The SMILES string of the molecule is O=C(O[C@@H](Cc1c(Cl)cncc1Cl)c1ccc(OC(F)F)c(OCC2CC2)c1)[C@@H]1SCCN1C(=O)c1cccc(CN(C(=O)O[C@H]2CN3CCC2CC3)c2ccccc2)c1. The Morgan fingerprint density at radius 1 is 0.900 bits per heavy atom. The highest BCUT2D eigenvalue weighted by Crippen LogP contribution is 2.39. The number of fused-ring (bicyclic) bond motifs is 3. The molecule has 0 N–H and O–H groups in total. The van der Waals surface area contributed by atoms with Crippen molar-refractivity contribution in [2.24, 2.45) is 11.8 Å². The Balaban J connectivity index is 1.01. The summed E-state index contributed by atoms with van der Waals surface area (Å²) in [6.07, 6.45) is 5.17. The van der Waals surface area contributed by atoms with Crippen molar-refractivity contribution in [3.8, 4) is 11.5 Å². The summed E-state index contributed by atoms with van der Waals surface area (Å²) >= 11 is 14.3. The van der Waals surface area contributed by atoms with Crippen LogP contribution in [0.1, 0.15) is 58.8 Å². The summed E-state index contributed by atoms with van der Waals surface area (Å²) in [5, 5.41) is -0.510. The summed E-state index contributed by atoms with van der Waals surface area (Å²) in [6.45, 7) is 0.452. The van der Waals surface area contributed by atoms with Gasteiger partial charge < -0.3 is 23.8 Å². The van der Waals surface area contributed by atoms with Crippen molar-refractivity contribution >= 4 is 58.6 Å². The minimum Gasteiger partial charge on any atom is -0.489 e. The van der Waals surface area contributed by atoms with Gasteiger partial charge in [-0.1, -0.05) is 59.6 Å². The van der Waals surface area contributed by atoms with Crippen LogP contribution in [0.3, 0.4) is 0 Å².